The number of nitrogens with zero attached hydrogens (tertiary/aromatic N) is 3. The summed E-state index contributed by atoms with van der Waals surface area (Å²) < 4.78 is 22.0. The van der Waals surface area contributed by atoms with Gasteiger partial charge in [0.05, 0.1) is 0 Å². The second-order valence-electron chi connectivity index (χ2n) is 8.38. The lowest BCUT2D eigenvalue weighted by molar-refractivity contribution is -0.217. The monoisotopic (exact) mass is 539 g/mol. The fraction of sp³-hybridized carbons (Fsp3) is 0.640. The fourth-order valence-corrected chi connectivity index (χ4v) is 4.68. The number of aliphatic hydroxyl groups is 1. The van der Waals surface area contributed by atoms with E-state index in [-0.39, 0.29) is 24.6 Å². The molecule has 0 spiro atoms. The summed E-state index contributed by atoms with van der Waals surface area (Å²) >= 11 is 1.47. The Morgan fingerprint density at radius 3 is 2.19 bits per heavy atom. The van der Waals surface area contributed by atoms with E-state index in [0.717, 1.165) is 30.6 Å². The molecule has 1 aliphatic heterocycles. The maximum atomic E-state index is 11.6. The van der Waals surface area contributed by atoms with Crippen LogP contribution in [0.25, 0.3) is 10.4 Å². The summed E-state index contributed by atoms with van der Waals surface area (Å²) in [6.45, 7) is 6.46. The Hall–Kier alpha value is -2.79. The van der Waals surface area contributed by atoms with Crippen molar-refractivity contribution in [2.45, 2.75) is 82.0 Å². The standard InChI is InChI=1S/C19H24O7S.C6H13N3O/c1-11-17(24-13(3)21)18(25-14(4)22)16(10-23-12(2)20)26-19(11)27-15-8-6-5-7-9-15;7-9-8-5-3-1-2-4-6-10/h5-9,11,16-19H,10H2,1-4H3;10H,1-6H2. The van der Waals surface area contributed by atoms with E-state index in [0.29, 0.717) is 6.54 Å². The minimum atomic E-state index is -0.867. The van der Waals surface area contributed by atoms with Crippen molar-refractivity contribution >= 4 is 29.7 Å². The van der Waals surface area contributed by atoms with Crippen LogP contribution in [0.3, 0.4) is 0 Å². The van der Waals surface area contributed by atoms with Crippen molar-refractivity contribution in [3.8, 4) is 0 Å². The predicted octanol–water partition coefficient (Wildman–Crippen LogP) is 4.42. The number of unbranched alkanes of at least 4 members (excludes halogenated alkanes) is 3. The number of aliphatic hydroxyl groups excluding tert-OH is 1. The van der Waals surface area contributed by atoms with Crippen LogP contribution in [-0.4, -0.2) is 66.5 Å². The van der Waals surface area contributed by atoms with Gasteiger partial charge in [-0.15, -0.1) is 0 Å². The first kappa shape index (κ1) is 32.2. The van der Waals surface area contributed by atoms with E-state index in [4.69, 9.17) is 29.6 Å². The third-order valence-electron chi connectivity index (χ3n) is 5.23. The van der Waals surface area contributed by atoms with Gasteiger partial charge in [0.25, 0.3) is 0 Å². The zero-order valence-corrected chi connectivity index (χ0v) is 22.6. The topological polar surface area (TPSA) is 157 Å². The van der Waals surface area contributed by atoms with Crippen molar-refractivity contribution in [2.24, 2.45) is 11.0 Å². The highest BCUT2D eigenvalue weighted by Crippen LogP contribution is 2.39. The SMILES string of the molecule is CC(=O)OCC1OC(Sc2ccccc2)C(C)C(OC(C)=O)C1OC(C)=O.[N-]=[N+]=NCCCCCCO. The van der Waals surface area contributed by atoms with Gasteiger partial charge in [-0.25, -0.2) is 0 Å². The first-order chi connectivity index (χ1) is 17.7. The van der Waals surface area contributed by atoms with Gasteiger partial charge >= 0.3 is 17.9 Å². The largest absolute Gasteiger partial charge is 0.463 e. The Bertz CT molecular complexity index is 882. The van der Waals surface area contributed by atoms with Crippen molar-refractivity contribution in [1.29, 1.82) is 0 Å². The van der Waals surface area contributed by atoms with Crippen molar-refractivity contribution in [1.82, 2.24) is 0 Å². The minimum Gasteiger partial charge on any atom is -0.463 e. The Labute approximate surface area is 221 Å². The average Bonchev–Trinajstić information content (AvgIpc) is 2.85. The summed E-state index contributed by atoms with van der Waals surface area (Å²) in [5, 5.41) is 11.8. The lowest BCUT2D eigenvalue weighted by atomic mass is 9.93. The van der Waals surface area contributed by atoms with E-state index in [9.17, 15) is 14.4 Å². The van der Waals surface area contributed by atoms with Crippen LogP contribution in [0.4, 0.5) is 0 Å². The summed E-state index contributed by atoms with van der Waals surface area (Å²) in [5.74, 6) is -1.76. The molecule has 5 atom stereocenters. The number of carbonyl (C=O) groups is 3. The second kappa shape index (κ2) is 18.5. The van der Waals surface area contributed by atoms with Crippen LogP contribution in [0.15, 0.2) is 40.3 Å². The smallest absolute Gasteiger partial charge is 0.303 e. The molecule has 0 aliphatic carbocycles. The van der Waals surface area contributed by atoms with Gasteiger partial charge in [0.2, 0.25) is 0 Å². The number of rotatable bonds is 12. The highest BCUT2D eigenvalue weighted by Gasteiger charge is 2.48. The maximum absolute atomic E-state index is 11.6. The number of thioether (sulfide) groups is 1. The molecule has 11 nitrogen and oxygen atoms in total. The van der Waals surface area contributed by atoms with Gasteiger partial charge in [0.1, 0.15) is 24.3 Å². The summed E-state index contributed by atoms with van der Waals surface area (Å²) in [6.07, 6.45) is 1.52. The first-order valence-electron chi connectivity index (χ1n) is 12.2. The zero-order valence-electron chi connectivity index (χ0n) is 21.8. The maximum Gasteiger partial charge on any atom is 0.303 e. The van der Waals surface area contributed by atoms with Gasteiger partial charge in [-0.1, -0.05) is 54.8 Å². The molecule has 12 heteroatoms. The molecular formula is C25H37N3O8S. The predicted molar refractivity (Wildman–Crippen MR) is 137 cm³/mol. The number of esters is 3. The number of ether oxygens (including phenoxy) is 4. The Morgan fingerprint density at radius 2 is 1.62 bits per heavy atom. The Morgan fingerprint density at radius 1 is 1.00 bits per heavy atom. The molecule has 5 unspecified atom stereocenters. The number of benzene rings is 1. The Balaban J connectivity index is 0.000000580. The molecule has 0 saturated carbocycles. The molecule has 37 heavy (non-hydrogen) atoms. The molecule has 0 aromatic heterocycles. The molecule has 1 heterocycles. The van der Waals surface area contributed by atoms with Gasteiger partial charge in [0.15, 0.2) is 6.10 Å². The Kier molecular flexibility index (Phi) is 16.1. The number of hydrogen-bond donors (Lipinski definition) is 1. The molecule has 2 rings (SSSR count). The van der Waals surface area contributed by atoms with E-state index in [1.54, 1.807) is 0 Å². The third-order valence-corrected chi connectivity index (χ3v) is 6.54. The first-order valence-corrected chi connectivity index (χ1v) is 13.0. The number of azide groups is 1. The van der Waals surface area contributed by atoms with Gasteiger partial charge in [-0.05, 0) is 30.5 Å². The van der Waals surface area contributed by atoms with Crippen LogP contribution in [0.2, 0.25) is 0 Å². The normalized spacial score (nSPS) is 22.5. The molecule has 1 aromatic rings. The fourth-order valence-electron chi connectivity index (χ4n) is 3.53. The summed E-state index contributed by atoms with van der Waals surface area (Å²) in [7, 11) is 0. The summed E-state index contributed by atoms with van der Waals surface area (Å²) in [6, 6.07) is 9.63. The van der Waals surface area contributed by atoms with Crippen molar-refractivity contribution < 1.29 is 38.4 Å². The van der Waals surface area contributed by atoms with Gasteiger partial charge in [-0.3, -0.25) is 14.4 Å². The van der Waals surface area contributed by atoms with Crippen LogP contribution in [-0.2, 0) is 33.3 Å². The van der Waals surface area contributed by atoms with Crippen LogP contribution in [0, 0.1) is 5.92 Å². The van der Waals surface area contributed by atoms with E-state index in [2.05, 4.69) is 10.0 Å². The van der Waals surface area contributed by atoms with Crippen LogP contribution < -0.4 is 0 Å². The van der Waals surface area contributed by atoms with Crippen molar-refractivity contribution in [3.05, 3.63) is 40.8 Å². The highest BCUT2D eigenvalue weighted by atomic mass is 32.2. The van der Waals surface area contributed by atoms with Gasteiger partial charge in [0, 0.05) is 49.6 Å². The molecule has 1 aliphatic rings. The van der Waals surface area contributed by atoms with Gasteiger partial charge in [-0.2, -0.15) is 0 Å². The highest BCUT2D eigenvalue weighted by molar-refractivity contribution is 7.99. The van der Waals surface area contributed by atoms with Crippen LogP contribution in [0.1, 0.15) is 53.4 Å². The minimum absolute atomic E-state index is 0.108. The zero-order chi connectivity index (χ0) is 27.6. The second-order valence-corrected chi connectivity index (χ2v) is 9.55. The van der Waals surface area contributed by atoms with E-state index < -0.39 is 36.2 Å². The molecule has 206 valence electrons. The molecule has 1 saturated heterocycles. The van der Waals surface area contributed by atoms with Crippen LogP contribution in [0.5, 0.6) is 0 Å². The summed E-state index contributed by atoms with van der Waals surface area (Å²) in [5.41, 5.74) is 7.50. The van der Waals surface area contributed by atoms with Crippen molar-refractivity contribution in [3.63, 3.8) is 0 Å². The van der Waals surface area contributed by atoms with E-state index >= 15 is 0 Å². The lowest BCUT2D eigenvalue weighted by Gasteiger charge is -2.43. The number of carbonyl (C=O) groups excluding carboxylic acids is 3. The van der Waals surface area contributed by atoms with E-state index in [1.807, 2.05) is 37.3 Å². The lowest BCUT2D eigenvalue weighted by Crippen LogP contribution is -2.57. The molecule has 0 amide bonds. The molecule has 1 aromatic carbocycles. The van der Waals surface area contributed by atoms with E-state index in [1.165, 1.54) is 32.5 Å². The quantitative estimate of drug-likeness (QED) is 0.101. The molecular weight excluding hydrogens is 502 g/mol. The number of hydrogen-bond acceptors (Lipinski definition) is 10. The molecule has 1 fully saturated rings. The summed E-state index contributed by atoms with van der Waals surface area (Å²) in [4.78, 5) is 38.1. The average molecular weight is 540 g/mol. The molecule has 0 bridgehead atoms. The van der Waals surface area contributed by atoms with Crippen molar-refractivity contribution in [2.75, 3.05) is 19.8 Å². The van der Waals surface area contributed by atoms with Crippen LogP contribution >= 0.6 is 11.8 Å². The molecule has 0 radical (unpaired) electrons. The van der Waals surface area contributed by atoms with Gasteiger partial charge < -0.3 is 24.1 Å². The molecule has 1 N–H and O–H groups in total. The third kappa shape index (κ3) is 13.4.